The number of ketones is 1. The van der Waals surface area contributed by atoms with Gasteiger partial charge in [-0.3, -0.25) is 9.59 Å². The van der Waals surface area contributed by atoms with E-state index in [4.69, 9.17) is 0 Å². The average Bonchev–Trinajstić information content (AvgIpc) is 3.36. The van der Waals surface area contributed by atoms with Gasteiger partial charge in [-0.05, 0) is 28.6 Å². The molecular formula is C19H16N6O2S3. The lowest BCUT2D eigenvalue weighted by Gasteiger charge is -2.04. The summed E-state index contributed by atoms with van der Waals surface area (Å²) >= 11 is 4.19. The Kier molecular flexibility index (Phi) is 6.41. The summed E-state index contributed by atoms with van der Waals surface area (Å²) in [6.45, 7) is 0. The van der Waals surface area contributed by atoms with Crippen molar-refractivity contribution in [3.63, 3.8) is 0 Å². The average molecular weight is 457 g/mol. The van der Waals surface area contributed by atoms with E-state index in [2.05, 4.69) is 25.8 Å². The minimum Gasteiger partial charge on any atom is -0.325 e. The number of nitrogens with one attached hydrogen (secondary N) is 1. The molecule has 8 nitrogen and oxygen atoms in total. The number of rotatable bonds is 8. The van der Waals surface area contributed by atoms with Crippen molar-refractivity contribution in [2.45, 2.75) is 9.50 Å². The van der Waals surface area contributed by atoms with Crippen molar-refractivity contribution in [3.05, 3.63) is 54.1 Å². The maximum absolute atomic E-state index is 12.3. The molecule has 0 atom stereocenters. The fraction of sp³-hybridized carbons (Fsp3) is 0.158. The number of carbonyl (C=O) groups excluding carboxylic acids is 2. The molecular weight excluding hydrogens is 440 g/mol. The van der Waals surface area contributed by atoms with Crippen LogP contribution in [-0.4, -0.2) is 48.4 Å². The van der Waals surface area contributed by atoms with Crippen molar-refractivity contribution in [2.75, 3.05) is 16.8 Å². The third-order valence-electron chi connectivity index (χ3n) is 3.99. The molecule has 2 aromatic carbocycles. The second kappa shape index (κ2) is 9.37. The summed E-state index contributed by atoms with van der Waals surface area (Å²) in [5, 5.41) is 14.6. The molecule has 11 heteroatoms. The number of carbonyl (C=O) groups is 2. The van der Waals surface area contributed by atoms with Gasteiger partial charge in [-0.1, -0.05) is 53.9 Å². The van der Waals surface area contributed by atoms with Crippen LogP contribution in [0, 0.1) is 0 Å². The van der Waals surface area contributed by atoms with E-state index < -0.39 is 0 Å². The molecule has 4 aromatic rings. The lowest BCUT2D eigenvalue weighted by Crippen LogP contribution is -2.14. The second-order valence-corrected chi connectivity index (χ2v) is 9.36. The van der Waals surface area contributed by atoms with Crippen LogP contribution in [0.25, 0.3) is 10.2 Å². The number of fused-ring (bicyclic) bond motifs is 1. The fourth-order valence-corrected chi connectivity index (χ4v) is 5.20. The van der Waals surface area contributed by atoms with Gasteiger partial charge >= 0.3 is 0 Å². The summed E-state index contributed by atoms with van der Waals surface area (Å²) in [6.07, 6.45) is 0. The number of hydrogen-bond acceptors (Lipinski definition) is 9. The minimum atomic E-state index is -0.144. The zero-order valence-corrected chi connectivity index (χ0v) is 18.3. The van der Waals surface area contributed by atoms with E-state index in [0.717, 1.165) is 14.6 Å². The fourth-order valence-electron chi connectivity index (χ4n) is 2.55. The molecule has 2 heterocycles. The Morgan fingerprint density at radius 2 is 1.93 bits per heavy atom. The third-order valence-corrected chi connectivity index (χ3v) is 7.16. The zero-order valence-electron chi connectivity index (χ0n) is 15.8. The number of benzene rings is 2. The number of hydrogen-bond donors (Lipinski definition) is 1. The van der Waals surface area contributed by atoms with Gasteiger partial charge in [0.15, 0.2) is 10.1 Å². The van der Waals surface area contributed by atoms with Gasteiger partial charge in [-0.15, -0.1) is 16.4 Å². The van der Waals surface area contributed by atoms with Crippen molar-refractivity contribution in [1.82, 2.24) is 25.2 Å². The standard InChI is InChI=1S/C19H16N6O2S3/c1-25-18(22-23-24-25)28-11-17(27)20-13-7-8-14-16(9-13)30-19(21-14)29-10-15(26)12-5-3-2-4-6-12/h2-9H,10-11H2,1H3,(H,20,27). The number of aryl methyl sites for hydroxylation is 1. The van der Waals surface area contributed by atoms with Gasteiger partial charge < -0.3 is 5.32 Å². The monoisotopic (exact) mass is 456 g/mol. The number of tetrazole rings is 1. The van der Waals surface area contributed by atoms with E-state index >= 15 is 0 Å². The van der Waals surface area contributed by atoms with Crippen molar-refractivity contribution >= 4 is 62.5 Å². The molecule has 1 amide bonds. The molecule has 0 spiro atoms. The predicted molar refractivity (Wildman–Crippen MR) is 119 cm³/mol. The van der Waals surface area contributed by atoms with Crippen LogP contribution in [0.3, 0.4) is 0 Å². The SMILES string of the molecule is Cn1nnnc1SCC(=O)Nc1ccc2nc(SCC(=O)c3ccccc3)sc2c1. The molecule has 0 aliphatic carbocycles. The first-order valence-electron chi connectivity index (χ1n) is 8.85. The van der Waals surface area contributed by atoms with Gasteiger partial charge in [-0.25, -0.2) is 9.67 Å². The highest BCUT2D eigenvalue weighted by Gasteiger charge is 2.12. The minimum absolute atomic E-state index is 0.0726. The van der Waals surface area contributed by atoms with Crippen molar-refractivity contribution in [2.24, 2.45) is 7.05 Å². The maximum Gasteiger partial charge on any atom is 0.234 e. The van der Waals surface area contributed by atoms with Gasteiger partial charge in [0.05, 0.1) is 21.7 Å². The first-order valence-corrected chi connectivity index (χ1v) is 11.6. The van der Waals surface area contributed by atoms with Crippen LogP contribution in [0.1, 0.15) is 10.4 Å². The predicted octanol–water partition coefficient (Wildman–Crippen LogP) is 3.53. The van der Waals surface area contributed by atoms with Crippen LogP contribution in [0.2, 0.25) is 0 Å². The van der Waals surface area contributed by atoms with E-state index in [-0.39, 0.29) is 17.4 Å². The number of thioether (sulfide) groups is 2. The van der Waals surface area contributed by atoms with Gasteiger partial charge in [0.1, 0.15) is 0 Å². The smallest absolute Gasteiger partial charge is 0.234 e. The molecule has 0 fully saturated rings. The van der Waals surface area contributed by atoms with Crippen LogP contribution in [-0.2, 0) is 11.8 Å². The lowest BCUT2D eigenvalue weighted by molar-refractivity contribution is -0.113. The first-order chi connectivity index (χ1) is 14.6. The highest BCUT2D eigenvalue weighted by Crippen LogP contribution is 2.31. The highest BCUT2D eigenvalue weighted by molar-refractivity contribution is 8.01. The largest absolute Gasteiger partial charge is 0.325 e. The molecule has 30 heavy (non-hydrogen) atoms. The van der Waals surface area contributed by atoms with Crippen molar-refractivity contribution < 1.29 is 9.59 Å². The third kappa shape index (κ3) is 5.04. The topological polar surface area (TPSA) is 103 Å². The molecule has 0 aliphatic rings. The van der Waals surface area contributed by atoms with E-state index in [1.54, 1.807) is 7.05 Å². The molecule has 0 bridgehead atoms. The summed E-state index contributed by atoms with van der Waals surface area (Å²) in [4.78, 5) is 29.0. The van der Waals surface area contributed by atoms with Crippen LogP contribution in [0.15, 0.2) is 58.0 Å². The normalized spacial score (nSPS) is 11.0. The summed E-state index contributed by atoms with van der Waals surface area (Å²) in [5.74, 6) is 0.470. The van der Waals surface area contributed by atoms with E-state index in [0.29, 0.717) is 22.2 Å². The summed E-state index contributed by atoms with van der Waals surface area (Å²) in [6, 6.07) is 14.8. The van der Waals surface area contributed by atoms with E-state index in [1.165, 1.54) is 39.5 Å². The summed E-state index contributed by atoms with van der Waals surface area (Å²) in [7, 11) is 1.72. The molecule has 4 rings (SSSR count). The number of amides is 1. The maximum atomic E-state index is 12.3. The van der Waals surface area contributed by atoms with Gasteiger partial charge in [-0.2, -0.15) is 0 Å². The van der Waals surface area contributed by atoms with Gasteiger partial charge in [0, 0.05) is 18.3 Å². The van der Waals surface area contributed by atoms with Crippen LogP contribution >= 0.6 is 34.9 Å². The molecule has 2 aromatic heterocycles. The van der Waals surface area contributed by atoms with Crippen LogP contribution in [0.5, 0.6) is 0 Å². The van der Waals surface area contributed by atoms with Gasteiger partial charge in [0.25, 0.3) is 0 Å². The molecule has 0 aliphatic heterocycles. The Bertz CT molecular complexity index is 1190. The Hall–Kier alpha value is -2.76. The van der Waals surface area contributed by atoms with Crippen molar-refractivity contribution in [1.29, 1.82) is 0 Å². The van der Waals surface area contributed by atoms with Crippen LogP contribution in [0.4, 0.5) is 5.69 Å². The number of thiazole rings is 1. The Morgan fingerprint density at radius 1 is 1.10 bits per heavy atom. The lowest BCUT2D eigenvalue weighted by atomic mass is 10.2. The molecule has 152 valence electrons. The Morgan fingerprint density at radius 3 is 2.70 bits per heavy atom. The number of aromatic nitrogens is 5. The molecule has 0 saturated heterocycles. The van der Waals surface area contributed by atoms with Crippen LogP contribution < -0.4 is 5.32 Å². The van der Waals surface area contributed by atoms with Gasteiger partial charge in [0.2, 0.25) is 11.1 Å². The first kappa shape index (κ1) is 20.5. The quantitative estimate of drug-likeness (QED) is 0.317. The highest BCUT2D eigenvalue weighted by atomic mass is 32.2. The summed E-state index contributed by atoms with van der Waals surface area (Å²) < 4.78 is 3.29. The molecule has 0 radical (unpaired) electrons. The second-order valence-electron chi connectivity index (χ2n) is 6.16. The van der Waals surface area contributed by atoms with E-state index in [1.807, 2.05) is 48.5 Å². The number of Topliss-reactive ketones (excluding diaryl/α,β-unsaturated/α-hetero) is 1. The van der Waals surface area contributed by atoms with Crippen molar-refractivity contribution in [3.8, 4) is 0 Å². The Labute approximate surface area is 184 Å². The van der Waals surface area contributed by atoms with E-state index in [9.17, 15) is 9.59 Å². The molecule has 1 N–H and O–H groups in total. The number of anilines is 1. The zero-order chi connectivity index (χ0) is 20.9. The molecule has 0 saturated carbocycles. The molecule has 0 unspecified atom stereocenters. The Balaban J connectivity index is 1.35. The summed E-state index contributed by atoms with van der Waals surface area (Å²) in [5.41, 5.74) is 2.24. The number of nitrogens with zero attached hydrogens (tertiary/aromatic N) is 5.